The quantitative estimate of drug-likeness (QED) is 0.0200. The Bertz CT molecular complexity index is 1130. The molecular weight excluding hydrogens is 733 g/mol. The summed E-state index contributed by atoms with van der Waals surface area (Å²) in [6, 6.07) is 0. The lowest BCUT2D eigenvalue weighted by atomic mass is 10.0. The van der Waals surface area contributed by atoms with Gasteiger partial charge in [0.05, 0.1) is 0 Å². The van der Waals surface area contributed by atoms with Crippen molar-refractivity contribution in [1.82, 2.24) is 0 Å². The van der Waals surface area contributed by atoms with E-state index in [1.54, 1.807) is 0 Å². The van der Waals surface area contributed by atoms with Crippen LogP contribution in [-0.2, 0) is 28.6 Å². The first kappa shape index (κ1) is 55.9. The highest BCUT2D eigenvalue weighted by atomic mass is 16.6. The predicted octanol–water partition coefficient (Wildman–Crippen LogP) is 15.9. The van der Waals surface area contributed by atoms with E-state index in [1.807, 2.05) is 0 Å². The van der Waals surface area contributed by atoms with Gasteiger partial charge in [0.25, 0.3) is 0 Å². The average Bonchev–Trinajstić information content (AvgIpc) is 3.23. The van der Waals surface area contributed by atoms with Gasteiger partial charge in [0.2, 0.25) is 0 Å². The van der Waals surface area contributed by atoms with Gasteiger partial charge in [-0.3, -0.25) is 14.4 Å². The SMILES string of the molecule is CC/C=C\C/C=C\C/C=C\CCCC(=O)OCC(COC(=O)CCCCCCC\C=C/C=C\C=C/CCCCCCC)OC(=O)CCCCCCCCCCCCCC. The Labute approximate surface area is 363 Å². The molecule has 338 valence electrons. The fourth-order valence-corrected chi connectivity index (χ4v) is 6.58. The van der Waals surface area contributed by atoms with Crippen molar-refractivity contribution in [3.8, 4) is 0 Å². The Hall–Kier alpha value is -3.15. The zero-order valence-corrected chi connectivity index (χ0v) is 38.5. The van der Waals surface area contributed by atoms with Crippen molar-refractivity contribution in [2.75, 3.05) is 13.2 Å². The van der Waals surface area contributed by atoms with Gasteiger partial charge >= 0.3 is 17.9 Å². The van der Waals surface area contributed by atoms with E-state index in [2.05, 4.69) is 93.7 Å². The molecule has 0 saturated heterocycles. The second-order valence-electron chi connectivity index (χ2n) is 16.1. The molecule has 0 aromatic rings. The molecular formula is C53H90O6. The molecule has 0 aliphatic heterocycles. The van der Waals surface area contributed by atoms with E-state index in [0.29, 0.717) is 19.3 Å². The summed E-state index contributed by atoms with van der Waals surface area (Å²) in [4.78, 5) is 37.8. The van der Waals surface area contributed by atoms with Crippen LogP contribution in [0.15, 0.2) is 72.9 Å². The predicted molar refractivity (Wildman–Crippen MR) is 251 cm³/mol. The van der Waals surface area contributed by atoms with Crippen LogP contribution in [-0.4, -0.2) is 37.2 Å². The molecule has 6 heteroatoms. The Kier molecular flexibility index (Phi) is 45.0. The van der Waals surface area contributed by atoms with Crippen molar-refractivity contribution in [2.24, 2.45) is 0 Å². The highest BCUT2D eigenvalue weighted by Crippen LogP contribution is 2.14. The van der Waals surface area contributed by atoms with E-state index in [-0.39, 0.29) is 37.5 Å². The molecule has 0 rings (SSSR count). The molecule has 0 amide bonds. The minimum absolute atomic E-state index is 0.101. The number of hydrogen-bond acceptors (Lipinski definition) is 6. The summed E-state index contributed by atoms with van der Waals surface area (Å²) >= 11 is 0. The molecule has 1 unspecified atom stereocenters. The first-order valence-corrected chi connectivity index (χ1v) is 24.5. The van der Waals surface area contributed by atoms with Gasteiger partial charge in [-0.2, -0.15) is 0 Å². The number of allylic oxidation sites excluding steroid dienone is 12. The van der Waals surface area contributed by atoms with Crippen LogP contribution in [0.5, 0.6) is 0 Å². The molecule has 0 aromatic carbocycles. The Balaban J connectivity index is 4.44. The second kappa shape index (κ2) is 47.5. The van der Waals surface area contributed by atoms with Crippen molar-refractivity contribution in [2.45, 2.75) is 232 Å². The molecule has 0 fully saturated rings. The minimum atomic E-state index is -0.800. The Morgan fingerprint density at radius 1 is 0.373 bits per heavy atom. The maximum Gasteiger partial charge on any atom is 0.306 e. The smallest absolute Gasteiger partial charge is 0.306 e. The van der Waals surface area contributed by atoms with Gasteiger partial charge in [0, 0.05) is 19.3 Å². The number of unbranched alkanes of at least 4 members (excludes halogenated alkanes) is 22. The van der Waals surface area contributed by atoms with Gasteiger partial charge in [-0.15, -0.1) is 0 Å². The fraction of sp³-hybridized carbons (Fsp3) is 0.717. The lowest BCUT2D eigenvalue weighted by Gasteiger charge is -2.18. The molecule has 0 aromatic heterocycles. The van der Waals surface area contributed by atoms with Crippen LogP contribution in [0.25, 0.3) is 0 Å². The molecule has 0 spiro atoms. The monoisotopic (exact) mass is 823 g/mol. The molecule has 0 bridgehead atoms. The maximum atomic E-state index is 12.7. The first-order chi connectivity index (χ1) is 29.0. The van der Waals surface area contributed by atoms with Crippen molar-refractivity contribution >= 4 is 17.9 Å². The molecule has 0 saturated carbocycles. The van der Waals surface area contributed by atoms with Crippen LogP contribution < -0.4 is 0 Å². The second-order valence-corrected chi connectivity index (χ2v) is 16.1. The molecule has 59 heavy (non-hydrogen) atoms. The normalized spacial score (nSPS) is 12.7. The molecule has 0 radical (unpaired) electrons. The van der Waals surface area contributed by atoms with Crippen LogP contribution in [0.2, 0.25) is 0 Å². The van der Waals surface area contributed by atoms with Gasteiger partial charge < -0.3 is 14.2 Å². The summed E-state index contributed by atoms with van der Waals surface area (Å²) < 4.78 is 16.7. The lowest BCUT2D eigenvalue weighted by molar-refractivity contribution is -0.167. The number of carbonyl (C=O) groups is 3. The summed E-state index contributed by atoms with van der Waals surface area (Å²) in [6.07, 6.45) is 58.9. The minimum Gasteiger partial charge on any atom is -0.462 e. The van der Waals surface area contributed by atoms with E-state index in [0.717, 1.165) is 89.9 Å². The first-order valence-electron chi connectivity index (χ1n) is 24.5. The fourth-order valence-electron chi connectivity index (χ4n) is 6.58. The van der Waals surface area contributed by atoms with E-state index in [1.165, 1.54) is 89.9 Å². The van der Waals surface area contributed by atoms with Gasteiger partial charge in [0.15, 0.2) is 6.10 Å². The van der Waals surface area contributed by atoms with Crippen molar-refractivity contribution < 1.29 is 28.6 Å². The van der Waals surface area contributed by atoms with E-state index in [4.69, 9.17) is 14.2 Å². The van der Waals surface area contributed by atoms with Gasteiger partial charge in [0.1, 0.15) is 13.2 Å². The van der Waals surface area contributed by atoms with E-state index in [9.17, 15) is 14.4 Å². The van der Waals surface area contributed by atoms with Crippen molar-refractivity contribution in [1.29, 1.82) is 0 Å². The van der Waals surface area contributed by atoms with Gasteiger partial charge in [-0.05, 0) is 70.6 Å². The topological polar surface area (TPSA) is 78.9 Å². The third-order valence-corrected chi connectivity index (χ3v) is 10.3. The summed E-state index contributed by atoms with van der Waals surface area (Å²) in [6.45, 7) is 6.43. The van der Waals surface area contributed by atoms with Crippen LogP contribution in [0.4, 0.5) is 0 Å². The Morgan fingerprint density at radius 2 is 0.746 bits per heavy atom. The summed E-state index contributed by atoms with van der Waals surface area (Å²) in [5, 5.41) is 0. The number of rotatable bonds is 43. The Morgan fingerprint density at radius 3 is 1.22 bits per heavy atom. The zero-order chi connectivity index (χ0) is 43.0. The van der Waals surface area contributed by atoms with Crippen LogP contribution in [0.3, 0.4) is 0 Å². The standard InChI is InChI=1S/C53H90O6/c1-4-7-10-13-16-19-22-24-25-26-27-28-29-32-34-37-40-43-46-52(55)58-49-50(48-57-51(54)45-42-39-36-33-30-21-18-15-12-9-6-3)59-53(56)47-44-41-38-35-31-23-20-17-14-11-8-5-2/h9,12,18,21-22,24-28,33,36,50H,4-8,10-11,13-17,19-20,23,29-32,34-35,37-49H2,1-3H3/b12-9-,21-18-,24-22-,26-25-,28-27-,36-33-. The third kappa shape index (κ3) is 45.8. The molecule has 0 aliphatic rings. The summed E-state index contributed by atoms with van der Waals surface area (Å²) in [5.74, 6) is -0.976. The lowest BCUT2D eigenvalue weighted by Crippen LogP contribution is -2.30. The van der Waals surface area contributed by atoms with Crippen LogP contribution in [0.1, 0.15) is 226 Å². The number of esters is 3. The van der Waals surface area contributed by atoms with Crippen molar-refractivity contribution in [3.05, 3.63) is 72.9 Å². The molecule has 1 atom stereocenters. The molecule has 0 aliphatic carbocycles. The molecule has 6 nitrogen and oxygen atoms in total. The summed E-state index contributed by atoms with van der Waals surface area (Å²) in [7, 11) is 0. The van der Waals surface area contributed by atoms with Gasteiger partial charge in [-0.1, -0.05) is 209 Å². The van der Waals surface area contributed by atoms with Crippen LogP contribution >= 0.6 is 0 Å². The molecule has 0 heterocycles. The van der Waals surface area contributed by atoms with Crippen LogP contribution in [0, 0.1) is 0 Å². The number of carbonyl (C=O) groups excluding carboxylic acids is 3. The highest BCUT2D eigenvalue weighted by Gasteiger charge is 2.19. The third-order valence-electron chi connectivity index (χ3n) is 10.3. The summed E-state index contributed by atoms with van der Waals surface area (Å²) in [5.41, 5.74) is 0. The van der Waals surface area contributed by atoms with Gasteiger partial charge in [-0.25, -0.2) is 0 Å². The van der Waals surface area contributed by atoms with E-state index >= 15 is 0 Å². The maximum absolute atomic E-state index is 12.7. The van der Waals surface area contributed by atoms with E-state index < -0.39 is 6.10 Å². The largest absolute Gasteiger partial charge is 0.462 e. The highest BCUT2D eigenvalue weighted by molar-refractivity contribution is 5.71. The van der Waals surface area contributed by atoms with Crippen molar-refractivity contribution in [3.63, 3.8) is 0 Å². The zero-order valence-electron chi connectivity index (χ0n) is 38.5. The molecule has 0 N–H and O–H groups in total. The number of ether oxygens (including phenoxy) is 3. The number of hydrogen-bond donors (Lipinski definition) is 0. The average molecular weight is 823 g/mol.